The van der Waals surface area contributed by atoms with Crippen molar-refractivity contribution in [3.05, 3.63) is 10.6 Å². The SMILES string of the molecule is CCc1nc(NC(=O)N2CCSCC2CC(=O)O)sc1C. The lowest BCUT2D eigenvalue weighted by atomic mass is 10.2. The molecule has 0 aliphatic carbocycles. The lowest BCUT2D eigenvalue weighted by molar-refractivity contribution is -0.137. The smallest absolute Gasteiger partial charge is 0.323 e. The average Bonchev–Trinajstić information content (AvgIpc) is 2.78. The van der Waals surface area contributed by atoms with Gasteiger partial charge in [0.05, 0.1) is 18.2 Å². The molecule has 2 amide bonds. The highest BCUT2D eigenvalue weighted by atomic mass is 32.2. The van der Waals surface area contributed by atoms with E-state index in [0.29, 0.717) is 17.4 Å². The zero-order valence-corrected chi connectivity index (χ0v) is 13.7. The van der Waals surface area contributed by atoms with Gasteiger partial charge in [-0.05, 0) is 13.3 Å². The first-order valence-electron chi connectivity index (χ1n) is 6.84. The number of thiazole rings is 1. The van der Waals surface area contributed by atoms with Crippen LogP contribution < -0.4 is 5.32 Å². The Labute approximate surface area is 131 Å². The number of anilines is 1. The number of rotatable bonds is 4. The van der Waals surface area contributed by atoms with Crippen molar-refractivity contribution >= 4 is 40.2 Å². The molecule has 8 heteroatoms. The molecule has 6 nitrogen and oxygen atoms in total. The maximum atomic E-state index is 12.3. The topological polar surface area (TPSA) is 82.5 Å². The van der Waals surface area contributed by atoms with Crippen LogP contribution in [0.3, 0.4) is 0 Å². The number of carbonyl (C=O) groups excluding carboxylic acids is 1. The van der Waals surface area contributed by atoms with Crippen LogP contribution in [0.25, 0.3) is 0 Å². The first-order chi connectivity index (χ1) is 10.0. The summed E-state index contributed by atoms with van der Waals surface area (Å²) in [7, 11) is 0. The van der Waals surface area contributed by atoms with E-state index in [1.54, 1.807) is 16.7 Å². The molecule has 116 valence electrons. The monoisotopic (exact) mass is 329 g/mol. The van der Waals surface area contributed by atoms with Gasteiger partial charge in [-0.3, -0.25) is 10.1 Å². The standard InChI is InChI=1S/C13H19N3O3S2/c1-3-10-8(2)21-12(14-10)15-13(19)16-4-5-20-7-9(16)6-11(17)18/h9H,3-7H2,1-2H3,(H,17,18)(H,14,15,19). The fourth-order valence-corrected chi connectivity index (χ4v) is 4.22. The molecule has 1 atom stereocenters. The van der Waals surface area contributed by atoms with Gasteiger partial charge in [-0.2, -0.15) is 11.8 Å². The van der Waals surface area contributed by atoms with Gasteiger partial charge in [-0.25, -0.2) is 9.78 Å². The van der Waals surface area contributed by atoms with E-state index in [4.69, 9.17) is 5.11 Å². The number of nitrogens with one attached hydrogen (secondary N) is 1. The fraction of sp³-hybridized carbons (Fsp3) is 0.615. The average molecular weight is 329 g/mol. The summed E-state index contributed by atoms with van der Waals surface area (Å²) in [4.78, 5) is 30.4. The number of hydrogen-bond donors (Lipinski definition) is 2. The first-order valence-corrected chi connectivity index (χ1v) is 8.81. The summed E-state index contributed by atoms with van der Waals surface area (Å²) in [6, 6.07) is -0.508. The van der Waals surface area contributed by atoms with E-state index in [0.717, 1.165) is 22.7 Å². The summed E-state index contributed by atoms with van der Waals surface area (Å²) in [6.45, 7) is 4.58. The molecule has 1 saturated heterocycles. The van der Waals surface area contributed by atoms with Gasteiger partial charge >= 0.3 is 12.0 Å². The molecule has 1 aliphatic rings. The van der Waals surface area contributed by atoms with Crippen LogP contribution in [0, 0.1) is 6.92 Å². The molecule has 21 heavy (non-hydrogen) atoms. The van der Waals surface area contributed by atoms with Crippen LogP contribution in [0.15, 0.2) is 0 Å². The third-order valence-electron chi connectivity index (χ3n) is 3.34. The maximum absolute atomic E-state index is 12.3. The summed E-state index contributed by atoms with van der Waals surface area (Å²) in [5.41, 5.74) is 0.992. The predicted octanol–water partition coefficient (Wildman–Crippen LogP) is 2.44. The Bertz CT molecular complexity index is 533. The van der Waals surface area contributed by atoms with Crippen molar-refractivity contribution in [2.75, 3.05) is 23.4 Å². The highest BCUT2D eigenvalue weighted by Gasteiger charge is 2.29. The Balaban J connectivity index is 2.04. The molecule has 2 N–H and O–H groups in total. The van der Waals surface area contributed by atoms with Gasteiger partial charge in [-0.1, -0.05) is 6.92 Å². The molecule has 1 aliphatic heterocycles. The normalized spacial score (nSPS) is 18.6. The molecule has 1 aromatic rings. The summed E-state index contributed by atoms with van der Waals surface area (Å²) < 4.78 is 0. The van der Waals surface area contributed by atoms with Crippen molar-refractivity contribution in [2.24, 2.45) is 0 Å². The highest BCUT2D eigenvalue weighted by molar-refractivity contribution is 7.99. The van der Waals surface area contributed by atoms with Gasteiger partial charge in [0.1, 0.15) is 0 Å². The van der Waals surface area contributed by atoms with E-state index in [1.807, 2.05) is 13.8 Å². The molecule has 0 spiro atoms. The molecule has 1 fully saturated rings. The Kier molecular flexibility index (Phi) is 5.46. The zero-order chi connectivity index (χ0) is 15.4. The van der Waals surface area contributed by atoms with E-state index in [-0.39, 0.29) is 18.5 Å². The highest BCUT2D eigenvalue weighted by Crippen LogP contribution is 2.24. The summed E-state index contributed by atoms with van der Waals surface area (Å²) in [5, 5.41) is 12.3. The number of nitrogens with zero attached hydrogens (tertiary/aromatic N) is 2. The molecule has 1 aromatic heterocycles. The molecule has 0 radical (unpaired) electrons. The molecule has 0 bridgehead atoms. The number of carboxylic acid groups (broad SMARTS) is 1. The van der Waals surface area contributed by atoms with Crippen LogP contribution >= 0.6 is 23.1 Å². The van der Waals surface area contributed by atoms with Gasteiger partial charge in [0, 0.05) is 22.9 Å². The van der Waals surface area contributed by atoms with E-state index >= 15 is 0 Å². The van der Waals surface area contributed by atoms with Crippen molar-refractivity contribution < 1.29 is 14.7 Å². The maximum Gasteiger partial charge on any atom is 0.323 e. The number of urea groups is 1. The molecular weight excluding hydrogens is 310 g/mol. The largest absolute Gasteiger partial charge is 0.481 e. The van der Waals surface area contributed by atoms with Gasteiger partial charge in [-0.15, -0.1) is 11.3 Å². The number of amides is 2. The van der Waals surface area contributed by atoms with Crippen molar-refractivity contribution in [2.45, 2.75) is 32.7 Å². The second kappa shape index (κ2) is 7.13. The van der Waals surface area contributed by atoms with Crippen LogP contribution in [-0.2, 0) is 11.2 Å². The van der Waals surface area contributed by atoms with Crippen LogP contribution in [0.2, 0.25) is 0 Å². The summed E-state index contributed by atoms with van der Waals surface area (Å²) in [5.74, 6) is 0.621. The number of carboxylic acids is 1. The zero-order valence-electron chi connectivity index (χ0n) is 12.1. The lowest BCUT2D eigenvalue weighted by Gasteiger charge is -2.34. The van der Waals surface area contributed by atoms with Crippen LogP contribution in [0.1, 0.15) is 23.9 Å². The number of aliphatic carboxylic acids is 1. The molecule has 1 unspecified atom stereocenters. The Morgan fingerprint density at radius 3 is 2.90 bits per heavy atom. The molecule has 2 heterocycles. The van der Waals surface area contributed by atoms with E-state index in [1.165, 1.54) is 11.3 Å². The summed E-state index contributed by atoms with van der Waals surface area (Å²) >= 11 is 3.14. The second-order valence-corrected chi connectivity index (χ2v) is 7.18. The molecule has 0 saturated carbocycles. The fourth-order valence-electron chi connectivity index (χ4n) is 2.27. The van der Waals surface area contributed by atoms with Crippen LogP contribution in [-0.4, -0.2) is 51.1 Å². The molecule has 2 rings (SSSR count). The number of thioether (sulfide) groups is 1. The van der Waals surface area contributed by atoms with Crippen LogP contribution in [0.5, 0.6) is 0 Å². The second-order valence-electron chi connectivity index (χ2n) is 4.83. The quantitative estimate of drug-likeness (QED) is 0.886. The van der Waals surface area contributed by atoms with Gasteiger partial charge in [0.25, 0.3) is 0 Å². The third-order valence-corrected chi connectivity index (χ3v) is 5.36. The summed E-state index contributed by atoms with van der Waals surface area (Å²) in [6.07, 6.45) is 0.817. The minimum atomic E-state index is -0.876. The van der Waals surface area contributed by atoms with Gasteiger partial charge in [0.2, 0.25) is 0 Å². The number of hydrogen-bond acceptors (Lipinski definition) is 5. The van der Waals surface area contributed by atoms with Gasteiger partial charge in [0.15, 0.2) is 5.13 Å². The van der Waals surface area contributed by atoms with Crippen molar-refractivity contribution in [3.63, 3.8) is 0 Å². The minimum Gasteiger partial charge on any atom is -0.481 e. The molecule has 0 aromatic carbocycles. The third kappa shape index (κ3) is 4.10. The number of aryl methyl sites for hydroxylation is 2. The van der Waals surface area contributed by atoms with Crippen molar-refractivity contribution in [1.82, 2.24) is 9.88 Å². The minimum absolute atomic E-state index is 0.0163. The van der Waals surface area contributed by atoms with Crippen molar-refractivity contribution in [1.29, 1.82) is 0 Å². The number of aromatic nitrogens is 1. The van der Waals surface area contributed by atoms with Crippen molar-refractivity contribution in [3.8, 4) is 0 Å². The Hall–Kier alpha value is -1.28. The Morgan fingerprint density at radius 1 is 1.52 bits per heavy atom. The van der Waals surface area contributed by atoms with E-state index in [2.05, 4.69) is 10.3 Å². The van der Waals surface area contributed by atoms with Gasteiger partial charge < -0.3 is 10.0 Å². The Morgan fingerprint density at radius 2 is 2.29 bits per heavy atom. The van der Waals surface area contributed by atoms with E-state index in [9.17, 15) is 9.59 Å². The number of carbonyl (C=O) groups is 2. The first kappa shape index (κ1) is 16.1. The molecular formula is C13H19N3O3S2. The predicted molar refractivity (Wildman–Crippen MR) is 85.3 cm³/mol. The van der Waals surface area contributed by atoms with Crippen LogP contribution in [0.4, 0.5) is 9.93 Å². The van der Waals surface area contributed by atoms with E-state index < -0.39 is 5.97 Å². The lowest BCUT2D eigenvalue weighted by Crippen LogP contribution is -2.48.